The molecule has 6 rings (SSSR count). The van der Waals surface area contributed by atoms with Crippen LogP contribution < -0.4 is 10.9 Å². The van der Waals surface area contributed by atoms with E-state index in [0.29, 0.717) is 32.9 Å². The van der Waals surface area contributed by atoms with E-state index in [-0.39, 0.29) is 18.2 Å². The number of pyridine rings is 2. The highest BCUT2D eigenvalue weighted by Gasteiger charge is 2.20. The van der Waals surface area contributed by atoms with Gasteiger partial charge in [-0.2, -0.15) is 4.98 Å². The van der Waals surface area contributed by atoms with Crippen molar-refractivity contribution in [1.82, 2.24) is 29.4 Å². The van der Waals surface area contributed by atoms with E-state index in [1.807, 2.05) is 36.4 Å². The van der Waals surface area contributed by atoms with Crippen molar-refractivity contribution in [3.05, 3.63) is 93.6 Å². The summed E-state index contributed by atoms with van der Waals surface area (Å²) in [6, 6.07) is 13.5. The van der Waals surface area contributed by atoms with Crippen LogP contribution in [0, 0.1) is 0 Å². The number of rotatable bonds is 6. The Kier molecular flexibility index (Phi) is 6.71. The zero-order valence-electron chi connectivity index (χ0n) is 20.5. The molecule has 1 aliphatic rings. The van der Waals surface area contributed by atoms with E-state index in [1.165, 1.54) is 6.39 Å². The molecule has 0 aliphatic carbocycles. The van der Waals surface area contributed by atoms with Gasteiger partial charge in [0, 0.05) is 48.3 Å². The van der Waals surface area contributed by atoms with Crippen LogP contribution in [0.25, 0.3) is 22.3 Å². The molecule has 1 N–H and O–H groups in total. The smallest absolute Gasteiger partial charge is 0.266 e. The molecule has 0 amide bonds. The van der Waals surface area contributed by atoms with Gasteiger partial charge in [-0.3, -0.25) is 14.3 Å². The van der Waals surface area contributed by atoms with E-state index in [4.69, 9.17) is 14.1 Å². The predicted molar refractivity (Wildman–Crippen MR) is 146 cm³/mol. The van der Waals surface area contributed by atoms with E-state index in [0.717, 1.165) is 36.5 Å². The molecule has 0 bridgehead atoms. The average molecular weight is 574 g/mol. The minimum Gasteiger partial charge on any atom is -0.446 e. The SMILES string of the molecule is CN1CCOC(c2ccc(Nc3ncc4cc(Br)c(=O)n(Cc5ocnc5-c5ccncc5)c4n3)cc2)C1. The van der Waals surface area contributed by atoms with Crippen LogP contribution in [-0.2, 0) is 11.3 Å². The van der Waals surface area contributed by atoms with Gasteiger partial charge < -0.3 is 19.4 Å². The standard InChI is InChI=1S/C27H24BrN7O3/c1-34-10-11-37-22(14-34)17-2-4-20(5-3-17)32-27-30-13-19-12-21(28)26(36)35(25(19)33-27)15-23-24(31-16-38-23)18-6-8-29-9-7-18/h2-9,12-13,16,22H,10-11,14-15H2,1H3,(H,30,32,33). The first-order valence-electron chi connectivity index (χ1n) is 12.1. The quantitative estimate of drug-likeness (QED) is 0.316. The Bertz CT molecular complexity index is 1640. The van der Waals surface area contributed by atoms with Crippen LogP contribution in [0.5, 0.6) is 0 Å². The van der Waals surface area contributed by atoms with Gasteiger partial charge in [0.1, 0.15) is 11.3 Å². The molecule has 1 fully saturated rings. The zero-order valence-corrected chi connectivity index (χ0v) is 22.1. The maximum Gasteiger partial charge on any atom is 0.266 e. The number of likely N-dealkylation sites (N-methyl/N-ethyl adjacent to an activating group) is 1. The summed E-state index contributed by atoms with van der Waals surface area (Å²) in [6.07, 6.45) is 6.49. The minimum absolute atomic E-state index is 0.0562. The van der Waals surface area contributed by atoms with E-state index >= 15 is 0 Å². The number of aromatic nitrogens is 5. The number of morpholine rings is 1. The van der Waals surface area contributed by atoms with Gasteiger partial charge in [-0.05, 0) is 58.9 Å². The number of nitrogens with zero attached hydrogens (tertiary/aromatic N) is 6. The number of anilines is 2. The highest BCUT2D eigenvalue weighted by molar-refractivity contribution is 9.10. The molecule has 11 heteroatoms. The van der Waals surface area contributed by atoms with Crippen molar-refractivity contribution in [3.8, 4) is 11.3 Å². The van der Waals surface area contributed by atoms with Gasteiger partial charge in [0.05, 0.1) is 23.7 Å². The van der Waals surface area contributed by atoms with Gasteiger partial charge in [0.2, 0.25) is 5.95 Å². The largest absolute Gasteiger partial charge is 0.446 e. The van der Waals surface area contributed by atoms with Crippen molar-refractivity contribution in [1.29, 1.82) is 0 Å². The molecule has 0 saturated carbocycles. The summed E-state index contributed by atoms with van der Waals surface area (Å²) in [5.74, 6) is 0.915. The first kappa shape index (κ1) is 24.4. The summed E-state index contributed by atoms with van der Waals surface area (Å²) >= 11 is 3.38. The molecule has 10 nitrogen and oxygen atoms in total. The fraction of sp³-hybridized carbons (Fsp3) is 0.222. The number of oxazole rings is 1. The van der Waals surface area contributed by atoms with Crippen LogP contribution >= 0.6 is 15.9 Å². The van der Waals surface area contributed by atoms with E-state index in [9.17, 15) is 4.79 Å². The van der Waals surface area contributed by atoms with Crippen molar-refractivity contribution in [2.24, 2.45) is 0 Å². The Morgan fingerprint density at radius 2 is 1.95 bits per heavy atom. The molecule has 0 spiro atoms. The lowest BCUT2D eigenvalue weighted by Gasteiger charge is -2.30. The number of hydrogen-bond donors (Lipinski definition) is 1. The maximum atomic E-state index is 13.2. The molecule has 1 unspecified atom stereocenters. The molecule has 5 aromatic rings. The van der Waals surface area contributed by atoms with Gasteiger partial charge in [0.15, 0.2) is 12.2 Å². The minimum atomic E-state index is -0.235. The summed E-state index contributed by atoms with van der Waals surface area (Å²) in [5.41, 5.74) is 3.69. The van der Waals surface area contributed by atoms with Crippen molar-refractivity contribution in [3.63, 3.8) is 0 Å². The van der Waals surface area contributed by atoms with Crippen LogP contribution in [0.1, 0.15) is 17.4 Å². The van der Waals surface area contributed by atoms with Crippen LogP contribution in [0.15, 0.2) is 81.1 Å². The molecule has 1 aromatic carbocycles. The van der Waals surface area contributed by atoms with Crippen LogP contribution in [0.3, 0.4) is 0 Å². The Morgan fingerprint density at radius 1 is 1.13 bits per heavy atom. The Morgan fingerprint density at radius 3 is 2.74 bits per heavy atom. The second-order valence-electron chi connectivity index (χ2n) is 9.08. The van der Waals surface area contributed by atoms with Crippen molar-refractivity contribution in [2.45, 2.75) is 12.6 Å². The molecule has 5 heterocycles. The summed E-state index contributed by atoms with van der Waals surface area (Å²) in [6.45, 7) is 2.68. The summed E-state index contributed by atoms with van der Waals surface area (Å²) in [5, 5.41) is 3.96. The third-order valence-electron chi connectivity index (χ3n) is 6.49. The zero-order chi connectivity index (χ0) is 26.1. The third kappa shape index (κ3) is 4.95. The van der Waals surface area contributed by atoms with Gasteiger partial charge in [-0.25, -0.2) is 9.97 Å². The Hall–Kier alpha value is -3.93. The molecular formula is C27H24BrN7O3. The number of benzene rings is 1. The summed E-state index contributed by atoms with van der Waals surface area (Å²) in [7, 11) is 2.10. The first-order valence-corrected chi connectivity index (χ1v) is 12.9. The van der Waals surface area contributed by atoms with Crippen LogP contribution in [-0.4, -0.2) is 56.1 Å². The lowest BCUT2D eigenvalue weighted by atomic mass is 10.1. The molecule has 192 valence electrons. The Labute approximate surface area is 226 Å². The second kappa shape index (κ2) is 10.4. The number of nitrogens with one attached hydrogen (secondary N) is 1. The van der Waals surface area contributed by atoms with Crippen LogP contribution in [0.2, 0.25) is 0 Å². The molecule has 1 aliphatic heterocycles. The summed E-state index contributed by atoms with van der Waals surface area (Å²) in [4.78, 5) is 33.0. The predicted octanol–water partition coefficient (Wildman–Crippen LogP) is 4.40. The van der Waals surface area contributed by atoms with Gasteiger partial charge in [0.25, 0.3) is 5.56 Å². The summed E-state index contributed by atoms with van der Waals surface area (Å²) < 4.78 is 13.6. The molecular weight excluding hydrogens is 550 g/mol. The Balaban J connectivity index is 1.30. The molecule has 4 aromatic heterocycles. The maximum absolute atomic E-state index is 13.2. The first-order chi connectivity index (χ1) is 18.5. The number of fused-ring (bicyclic) bond motifs is 1. The van der Waals surface area contributed by atoms with Gasteiger partial charge in [-0.15, -0.1) is 0 Å². The number of ether oxygens (including phenoxy) is 1. The second-order valence-corrected chi connectivity index (χ2v) is 9.94. The van der Waals surface area contributed by atoms with Crippen molar-refractivity contribution < 1.29 is 9.15 Å². The molecule has 1 atom stereocenters. The third-order valence-corrected chi connectivity index (χ3v) is 7.06. The normalized spacial score (nSPS) is 16.1. The van der Waals surface area contributed by atoms with Crippen molar-refractivity contribution >= 4 is 38.6 Å². The van der Waals surface area contributed by atoms with Crippen LogP contribution in [0.4, 0.5) is 11.6 Å². The van der Waals surface area contributed by atoms with Gasteiger partial charge >= 0.3 is 0 Å². The van der Waals surface area contributed by atoms with E-state index in [2.05, 4.69) is 48.1 Å². The average Bonchev–Trinajstić information content (AvgIpc) is 3.41. The molecule has 0 radical (unpaired) electrons. The molecule has 38 heavy (non-hydrogen) atoms. The lowest BCUT2D eigenvalue weighted by Crippen LogP contribution is -2.35. The molecule has 1 saturated heterocycles. The van der Waals surface area contributed by atoms with Gasteiger partial charge in [-0.1, -0.05) is 12.1 Å². The van der Waals surface area contributed by atoms with E-state index < -0.39 is 0 Å². The highest BCUT2D eigenvalue weighted by Crippen LogP contribution is 2.26. The number of hydrogen-bond acceptors (Lipinski definition) is 9. The number of halogens is 1. The highest BCUT2D eigenvalue weighted by atomic mass is 79.9. The fourth-order valence-electron chi connectivity index (χ4n) is 4.49. The lowest BCUT2D eigenvalue weighted by molar-refractivity contribution is -0.0208. The van der Waals surface area contributed by atoms with E-state index in [1.54, 1.807) is 29.2 Å². The monoisotopic (exact) mass is 573 g/mol. The fourth-order valence-corrected chi connectivity index (χ4v) is 4.95. The van der Waals surface area contributed by atoms with Crippen molar-refractivity contribution in [2.75, 3.05) is 32.1 Å². The topological polar surface area (TPSA) is 111 Å².